The van der Waals surface area contributed by atoms with Gasteiger partial charge in [0.05, 0.1) is 11.7 Å². The summed E-state index contributed by atoms with van der Waals surface area (Å²) < 4.78 is 13.8. The summed E-state index contributed by atoms with van der Waals surface area (Å²) in [5.41, 5.74) is -0.0363. The van der Waals surface area contributed by atoms with Gasteiger partial charge in [0.2, 0.25) is 0 Å². The average Bonchev–Trinajstić information content (AvgIpc) is 2.25. The molecular weight excluding hydrogens is 277 g/mol. The lowest BCUT2D eigenvalue weighted by atomic mass is 10.2. The van der Waals surface area contributed by atoms with Gasteiger partial charge in [0.1, 0.15) is 5.82 Å². The predicted octanol–water partition coefficient (Wildman–Crippen LogP) is 2.09. The van der Waals surface area contributed by atoms with Crippen molar-refractivity contribution in [3.63, 3.8) is 0 Å². The summed E-state index contributed by atoms with van der Waals surface area (Å²) in [4.78, 5) is 11.6. The fraction of sp³-hybridized carbons (Fsp3) is 0.364. The van der Waals surface area contributed by atoms with Gasteiger partial charge < -0.3 is 10.4 Å². The van der Waals surface area contributed by atoms with Crippen molar-refractivity contribution in [2.75, 3.05) is 6.54 Å². The van der Waals surface area contributed by atoms with Crippen LogP contribution in [-0.4, -0.2) is 23.7 Å². The van der Waals surface area contributed by atoms with Crippen LogP contribution < -0.4 is 5.32 Å². The Kier molecular flexibility index (Phi) is 4.89. The van der Waals surface area contributed by atoms with Crippen LogP contribution in [0.5, 0.6) is 0 Å². The topological polar surface area (TPSA) is 49.3 Å². The molecule has 0 aliphatic rings. The maximum atomic E-state index is 13.4. The van der Waals surface area contributed by atoms with Crippen LogP contribution in [0.15, 0.2) is 22.7 Å². The molecule has 0 aromatic heterocycles. The third-order valence-corrected chi connectivity index (χ3v) is 2.82. The van der Waals surface area contributed by atoms with Gasteiger partial charge in [-0.05, 0) is 34.5 Å². The van der Waals surface area contributed by atoms with E-state index in [2.05, 4.69) is 21.2 Å². The van der Waals surface area contributed by atoms with Crippen LogP contribution in [0.2, 0.25) is 0 Å². The fourth-order valence-corrected chi connectivity index (χ4v) is 1.68. The highest BCUT2D eigenvalue weighted by atomic mass is 79.9. The molecule has 0 saturated carbocycles. The molecule has 1 unspecified atom stereocenters. The smallest absolute Gasteiger partial charge is 0.255 e. The number of aliphatic hydroxyl groups is 1. The molecule has 1 amide bonds. The van der Waals surface area contributed by atoms with Gasteiger partial charge in [0.25, 0.3) is 5.91 Å². The Labute approximate surface area is 102 Å². The number of aliphatic hydroxyl groups excluding tert-OH is 1. The summed E-state index contributed by atoms with van der Waals surface area (Å²) in [6, 6.07) is 4.32. The van der Waals surface area contributed by atoms with Crippen molar-refractivity contribution in [1.82, 2.24) is 5.32 Å². The Bertz CT molecular complexity index is 364. The number of rotatable bonds is 4. The maximum Gasteiger partial charge on any atom is 0.255 e. The molecular formula is C11H13BrFNO2. The molecule has 0 aliphatic carbocycles. The summed E-state index contributed by atoms with van der Waals surface area (Å²) in [5, 5.41) is 11.7. The molecule has 3 nitrogen and oxygen atoms in total. The maximum absolute atomic E-state index is 13.4. The van der Waals surface area contributed by atoms with Crippen molar-refractivity contribution in [2.24, 2.45) is 0 Å². The highest BCUT2D eigenvalue weighted by Gasteiger charge is 2.15. The van der Waals surface area contributed by atoms with Crippen LogP contribution >= 0.6 is 15.9 Å². The number of benzene rings is 1. The number of carbonyl (C=O) groups is 1. The van der Waals surface area contributed by atoms with E-state index in [9.17, 15) is 14.3 Å². The van der Waals surface area contributed by atoms with E-state index in [-0.39, 0.29) is 12.1 Å². The third kappa shape index (κ3) is 3.28. The largest absolute Gasteiger partial charge is 0.391 e. The Morgan fingerprint density at radius 2 is 2.31 bits per heavy atom. The van der Waals surface area contributed by atoms with Crippen LogP contribution in [0.3, 0.4) is 0 Å². The molecule has 1 atom stereocenters. The lowest BCUT2D eigenvalue weighted by molar-refractivity contribution is 0.0909. The molecule has 0 heterocycles. The molecule has 0 spiro atoms. The highest BCUT2D eigenvalue weighted by molar-refractivity contribution is 9.10. The number of hydrogen-bond donors (Lipinski definition) is 2. The van der Waals surface area contributed by atoms with Crippen LogP contribution in [0.25, 0.3) is 0 Å². The van der Waals surface area contributed by atoms with Crippen LogP contribution in [0.4, 0.5) is 4.39 Å². The molecule has 2 N–H and O–H groups in total. The van der Waals surface area contributed by atoms with E-state index in [1.807, 2.05) is 0 Å². The summed E-state index contributed by atoms with van der Waals surface area (Å²) in [7, 11) is 0. The average molecular weight is 290 g/mol. The third-order valence-electron chi connectivity index (χ3n) is 2.16. The summed E-state index contributed by atoms with van der Waals surface area (Å²) in [5.74, 6) is -1.12. The van der Waals surface area contributed by atoms with Crippen molar-refractivity contribution >= 4 is 21.8 Å². The first kappa shape index (κ1) is 13.1. The second-order valence-electron chi connectivity index (χ2n) is 3.37. The first-order chi connectivity index (χ1) is 7.56. The number of amides is 1. The quantitative estimate of drug-likeness (QED) is 0.892. The van der Waals surface area contributed by atoms with Gasteiger partial charge in [-0.2, -0.15) is 0 Å². The first-order valence-corrected chi connectivity index (χ1v) is 5.75. The number of hydrogen-bond acceptors (Lipinski definition) is 2. The second-order valence-corrected chi connectivity index (χ2v) is 4.22. The molecule has 16 heavy (non-hydrogen) atoms. The van der Waals surface area contributed by atoms with Crippen molar-refractivity contribution in [2.45, 2.75) is 19.4 Å². The Hall–Kier alpha value is -0.940. The monoisotopic (exact) mass is 289 g/mol. The van der Waals surface area contributed by atoms with E-state index < -0.39 is 17.8 Å². The van der Waals surface area contributed by atoms with E-state index >= 15 is 0 Å². The van der Waals surface area contributed by atoms with Gasteiger partial charge in [0, 0.05) is 11.0 Å². The summed E-state index contributed by atoms with van der Waals surface area (Å²) in [6.45, 7) is 1.92. The molecule has 0 aliphatic heterocycles. The molecule has 0 saturated heterocycles. The molecule has 5 heteroatoms. The minimum absolute atomic E-state index is 0.0363. The van der Waals surface area contributed by atoms with Gasteiger partial charge in [-0.25, -0.2) is 4.39 Å². The van der Waals surface area contributed by atoms with Crippen molar-refractivity contribution in [3.05, 3.63) is 34.1 Å². The second kappa shape index (κ2) is 5.96. The first-order valence-electron chi connectivity index (χ1n) is 4.96. The van der Waals surface area contributed by atoms with Crippen molar-refractivity contribution in [1.29, 1.82) is 0 Å². The van der Waals surface area contributed by atoms with E-state index in [1.165, 1.54) is 12.1 Å². The molecule has 88 valence electrons. The minimum Gasteiger partial charge on any atom is -0.391 e. The molecule has 1 aromatic rings. The molecule has 1 aromatic carbocycles. The fourth-order valence-electron chi connectivity index (χ4n) is 1.16. The zero-order valence-electron chi connectivity index (χ0n) is 8.84. The summed E-state index contributed by atoms with van der Waals surface area (Å²) >= 11 is 3.11. The van der Waals surface area contributed by atoms with Crippen LogP contribution in [0, 0.1) is 5.82 Å². The normalized spacial score (nSPS) is 12.2. The van der Waals surface area contributed by atoms with Crippen molar-refractivity contribution in [3.8, 4) is 0 Å². The molecule has 1 rings (SSSR count). The Balaban J connectivity index is 2.73. The van der Waals surface area contributed by atoms with Crippen molar-refractivity contribution < 1.29 is 14.3 Å². The minimum atomic E-state index is -0.602. The van der Waals surface area contributed by atoms with Crippen LogP contribution in [0.1, 0.15) is 23.7 Å². The predicted molar refractivity (Wildman–Crippen MR) is 62.7 cm³/mol. The zero-order chi connectivity index (χ0) is 12.1. The van der Waals surface area contributed by atoms with E-state index in [0.29, 0.717) is 10.9 Å². The molecule has 0 bridgehead atoms. The SMILES string of the molecule is CCC(O)CNC(=O)c1c(F)cccc1Br. The summed E-state index contributed by atoms with van der Waals surface area (Å²) in [6.07, 6.45) is -0.0619. The highest BCUT2D eigenvalue weighted by Crippen LogP contribution is 2.19. The standard InChI is InChI=1S/C11H13BrFNO2/c1-2-7(15)6-14-11(16)10-8(12)4-3-5-9(10)13/h3-5,7,15H,2,6H2,1H3,(H,14,16). The Morgan fingerprint density at radius 1 is 1.62 bits per heavy atom. The van der Waals surface area contributed by atoms with Gasteiger partial charge >= 0.3 is 0 Å². The number of halogens is 2. The Morgan fingerprint density at radius 3 is 2.88 bits per heavy atom. The van der Waals surface area contributed by atoms with E-state index in [4.69, 9.17) is 0 Å². The lowest BCUT2D eigenvalue weighted by Crippen LogP contribution is -2.32. The van der Waals surface area contributed by atoms with Gasteiger partial charge in [-0.1, -0.05) is 13.0 Å². The van der Waals surface area contributed by atoms with Gasteiger partial charge in [0.15, 0.2) is 0 Å². The van der Waals surface area contributed by atoms with E-state index in [1.54, 1.807) is 13.0 Å². The number of nitrogens with one attached hydrogen (secondary N) is 1. The number of carbonyl (C=O) groups excluding carboxylic acids is 1. The van der Waals surface area contributed by atoms with Gasteiger partial charge in [-0.3, -0.25) is 4.79 Å². The lowest BCUT2D eigenvalue weighted by Gasteiger charge is -2.10. The van der Waals surface area contributed by atoms with Crippen LogP contribution in [-0.2, 0) is 0 Å². The van der Waals surface area contributed by atoms with E-state index in [0.717, 1.165) is 0 Å². The zero-order valence-corrected chi connectivity index (χ0v) is 10.4. The van der Waals surface area contributed by atoms with Gasteiger partial charge in [-0.15, -0.1) is 0 Å². The molecule has 0 fully saturated rings. The molecule has 0 radical (unpaired) electrons.